The molecular weight excluding hydrogens is 438 g/mol. The van der Waals surface area contributed by atoms with Crippen molar-refractivity contribution in [3.63, 3.8) is 0 Å². The smallest absolute Gasteiger partial charge is 0.338 e. The first-order chi connectivity index (χ1) is 15.5. The maximum absolute atomic E-state index is 12.9. The number of nitro benzene ring substituents is 1. The minimum Gasteiger partial charge on any atom is -0.478 e. The van der Waals surface area contributed by atoms with Gasteiger partial charge in [-0.25, -0.2) is 9.59 Å². The van der Waals surface area contributed by atoms with Crippen LogP contribution in [0.3, 0.4) is 0 Å². The van der Waals surface area contributed by atoms with Crippen LogP contribution in [0, 0.1) is 15.5 Å². The Labute approximate surface area is 186 Å². The van der Waals surface area contributed by atoms with Crippen molar-refractivity contribution in [3.8, 4) is 0 Å². The number of Topliss-reactive ketones (excluding diaryl/α,β-unsaturated/α-hetero) is 1. The summed E-state index contributed by atoms with van der Waals surface area (Å²) in [4.78, 5) is 60.0. The molecule has 2 aromatic rings. The van der Waals surface area contributed by atoms with Crippen LogP contribution in [0.1, 0.15) is 26.3 Å². The fourth-order valence-electron chi connectivity index (χ4n) is 2.95. The zero-order chi connectivity index (χ0) is 24.9. The van der Waals surface area contributed by atoms with Crippen LogP contribution >= 0.6 is 0 Å². The number of ether oxygens (including phenoxy) is 1. The van der Waals surface area contributed by atoms with Crippen LogP contribution in [0.5, 0.6) is 0 Å². The largest absolute Gasteiger partial charge is 0.478 e. The van der Waals surface area contributed by atoms with Gasteiger partial charge >= 0.3 is 11.9 Å². The fraction of sp³-hybridized carbons (Fsp3) is 0.150. The van der Waals surface area contributed by atoms with Crippen LogP contribution in [-0.2, 0) is 14.3 Å². The molecule has 1 unspecified atom stereocenters. The van der Waals surface area contributed by atoms with Crippen LogP contribution in [0.15, 0.2) is 42.5 Å². The molecule has 33 heavy (non-hydrogen) atoms. The number of carbonyl (C=O) groups is 4. The molecule has 0 spiro atoms. The van der Waals surface area contributed by atoms with Crippen LogP contribution in [0.25, 0.3) is 0 Å². The third-order valence-electron chi connectivity index (χ3n) is 4.57. The monoisotopic (exact) mass is 457 g/mol. The van der Waals surface area contributed by atoms with Crippen molar-refractivity contribution in [3.05, 3.63) is 69.3 Å². The molecule has 1 atom stereocenters. The van der Waals surface area contributed by atoms with E-state index >= 15 is 0 Å². The number of carbonyl (C=O) groups excluding carboxylic acids is 3. The summed E-state index contributed by atoms with van der Waals surface area (Å²) >= 11 is 0. The number of rotatable bonds is 10. The number of esters is 1. The van der Waals surface area contributed by atoms with Crippen molar-refractivity contribution in [2.45, 2.75) is 6.04 Å². The molecule has 0 bridgehead atoms. The number of nitrogens with one attached hydrogen (secondary N) is 1. The van der Waals surface area contributed by atoms with Gasteiger partial charge in [0.1, 0.15) is 11.5 Å². The topological polar surface area (TPSA) is 220 Å². The summed E-state index contributed by atoms with van der Waals surface area (Å²) in [6.07, 6.45) is 0. The van der Waals surface area contributed by atoms with Crippen molar-refractivity contribution >= 4 is 40.8 Å². The average Bonchev–Trinajstić information content (AvgIpc) is 2.77. The lowest BCUT2D eigenvalue weighted by atomic mass is 10.0. The molecule has 0 fully saturated rings. The van der Waals surface area contributed by atoms with Crippen molar-refractivity contribution in [1.29, 1.82) is 5.41 Å². The maximum Gasteiger partial charge on any atom is 0.338 e. The summed E-state index contributed by atoms with van der Waals surface area (Å²) < 4.78 is 4.57. The number of amidine groups is 1. The number of amides is 1. The number of primary amides is 1. The number of nitrogens with two attached hydrogens (primary N) is 2. The van der Waals surface area contributed by atoms with Crippen LogP contribution in [0.4, 0.5) is 11.4 Å². The third-order valence-corrected chi connectivity index (χ3v) is 4.57. The molecule has 2 rings (SSSR count). The molecule has 1 amide bonds. The van der Waals surface area contributed by atoms with Crippen molar-refractivity contribution in [2.24, 2.45) is 11.5 Å². The molecule has 0 aliphatic rings. The molecule has 13 heteroatoms. The second-order valence-corrected chi connectivity index (χ2v) is 6.64. The SMILES string of the molecule is COC(=O)C(C(N)=O)N(CC(=O)c1ccc(C(=N)N)cc1)c1ccc(C(=O)O)cc1[N+](=O)[O-]. The Morgan fingerprint density at radius 3 is 2.09 bits per heavy atom. The number of nitrogen functional groups attached to an aromatic ring is 1. The molecule has 2 aromatic carbocycles. The van der Waals surface area contributed by atoms with Crippen molar-refractivity contribution in [2.75, 3.05) is 18.6 Å². The van der Waals surface area contributed by atoms with Gasteiger partial charge in [0.05, 0.1) is 24.1 Å². The van der Waals surface area contributed by atoms with Gasteiger partial charge in [0.25, 0.3) is 11.6 Å². The van der Waals surface area contributed by atoms with E-state index in [2.05, 4.69) is 4.74 Å². The van der Waals surface area contributed by atoms with E-state index < -0.39 is 58.1 Å². The number of hydrogen-bond acceptors (Lipinski definition) is 9. The number of nitro groups is 1. The van der Waals surface area contributed by atoms with E-state index in [1.807, 2.05) is 0 Å². The minimum atomic E-state index is -1.93. The lowest BCUT2D eigenvalue weighted by Crippen LogP contribution is -2.52. The summed E-state index contributed by atoms with van der Waals surface area (Å²) in [6, 6.07) is 6.29. The molecule has 0 saturated carbocycles. The Hall–Kier alpha value is -4.81. The predicted octanol–water partition coefficient (Wildman–Crippen LogP) is 0.293. The first kappa shape index (κ1) is 24.5. The molecule has 0 heterocycles. The second-order valence-electron chi connectivity index (χ2n) is 6.64. The Kier molecular flexibility index (Phi) is 7.41. The Morgan fingerprint density at radius 1 is 1.09 bits per heavy atom. The highest BCUT2D eigenvalue weighted by molar-refractivity contribution is 6.08. The number of nitrogens with zero attached hydrogens (tertiary/aromatic N) is 2. The number of ketones is 1. The number of anilines is 1. The average molecular weight is 457 g/mol. The minimum absolute atomic E-state index is 0.0860. The van der Waals surface area contributed by atoms with Gasteiger partial charge in [-0.05, 0) is 12.1 Å². The number of carboxylic acids is 1. The van der Waals surface area contributed by atoms with Gasteiger partial charge in [-0.1, -0.05) is 24.3 Å². The van der Waals surface area contributed by atoms with Crippen molar-refractivity contribution < 1.29 is 33.9 Å². The standard InChI is InChI=1S/C20H19N5O8/c1-33-20(30)16(18(23)27)24(9-15(26)10-2-4-11(5-3-10)17(21)22)13-7-6-12(19(28)29)8-14(13)25(31)32/h2-8,16H,9H2,1H3,(H3,21,22)(H2,23,27)(H,28,29). The van der Waals surface area contributed by atoms with Gasteiger partial charge in [-0.15, -0.1) is 0 Å². The molecule has 0 radical (unpaired) electrons. The molecule has 0 saturated heterocycles. The lowest BCUT2D eigenvalue weighted by molar-refractivity contribution is -0.384. The molecule has 13 nitrogen and oxygen atoms in total. The highest BCUT2D eigenvalue weighted by Gasteiger charge is 2.37. The molecule has 172 valence electrons. The highest BCUT2D eigenvalue weighted by atomic mass is 16.6. The van der Waals surface area contributed by atoms with E-state index in [0.29, 0.717) is 5.56 Å². The Morgan fingerprint density at radius 2 is 1.64 bits per heavy atom. The summed E-state index contributed by atoms with van der Waals surface area (Å²) in [7, 11) is 0.959. The van der Waals surface area contributed by atoms with Gasteiger partial charge in [0, 0.05) is 17.2 Å². The van der Waals surface area contributed by atoms with E-state index in [1.54, 1.807) is 0 Å². The lowest BCUT2D eigenvalue weighted by Gasteiger charge is -2.29. The van der Waals surface area contributed by atoms with Gasteiger partial charge < -0.3 is 26.2 Å². The quantitative estimate of drug-likeness (QED) is 0.0726. The summed E-state index contributed by atoms with van der Waals surface area (Å²) in [5, 5.41) is 28.2. The molecule has 6 N–H and O–H groups in total. The zero-order valence-corrected chi connectivity index (χ0v) is 17.2. The number of benzene rings is 2. The third kappa shape index (κ3) is 5.46. The Balaban J connectivity index is 2.62. The fourth-order valence-corrected chi connectivity index (χ4v) is 2.95. The maximum atomic E-state index is 12.9. The van der Waals surface area contributed by atoms with E-state index in [4.69, 9.17) is 22.0 Å². The van der Waals surface area contributed by atoms with Gasteiger partial charge in [0.15, 0.2) is 5.78 Å². The number of methoxy groups -OCH3 is 1. The van der Waals surface area contributed by atoms with Crippen molar-refractivity contribution in [1.82, 2.24) is 0 Å². The van der Waals surface area contributed by atoms with Crippen LogP contribution in [0.2, 0.25) is 0 Å². The summed E-state index contributed by atoms with van der Waals surface area (Å²) in [6.45, 7) is -0.727. The van der Waals surface area contributed by atoms with Gasteiger partial charge in [-0.3, -0.25) is 25.1 Å². The Bertz CT molecular complexity index is 1150. The normalized spacial score (nSPS) is 11.2. The highest BCUT2D eigenvalue weighted by Crippen LogP contribution is 2.31. The number of aromatic carboxylic acids is 1. The van der Waals surface area contributed by atoms with E-state index in [1.165, 1.54) is 24.3 Å². The van der Waals surface area contributed by atoms with Crippen LogP contribution < -0.4 is 16.4 Å². The predicted molar refractivity (Wildman–Crippen MR) is 114 cm³/mol. The molecule has 0 aliphatic carbocycles. The van der Waals surface area contributed by atoms with E-state index in [9.17, 15) is 29.3 Å². The molecule has 0 aliphatic heterocycles. The van der Waals surface area contributed by atoms with Crippen LogP contribution in [-0.4, -0.2) is 59.2 Å². The molecule has 0 aromatic heterocycles. The van der Waals surface area contributed by atoms with Gasteiger partial charge in [0.2, 0.25) is 6.04 Å². The second kappa shape index (κ2) is 10.00. The summed E-state index contributed by atoms with van der Waals surface area (Å²) in [5.74, 6) is -4.78. The van der Waals surface area contributed by atoms with E-state index in [0.717, 1.165) is 30.2 Å². The first-order valence-electron chi connectivity index (χ1n) is 9.11. The first-order valence-corrected chi connectivity index (χ1v) is 9.11. The van der Waals surface area contributed by atoms with E-state index in [-0.39, 0.29) is 11.4 Å². The van der Waals surface area contributed by atoms with Gasteiger partial charge in [-0.2, -0.15) is 0 Å². The number of carboxylic acid groups (broad SMARTS) is 1. The summed E-state index contributed by atoms with van der Waals surface area (Å²) in [5.41, 5.74) is 9.54. The zero-order valence-electron chi connectivity index (χ0n) is 17.2. The molecular formula is C20H19N5O8. The number of hydrogen-bond donors (Lipinski definition) is 4.